The van der Waals surface area contributed by atoms with Crippen molar-refractivity contribution in [2.45, 2.75) is 6.54 Å². The summed E-state index contributed by atoms with van der Waals surface area (Å²) in [4.78, 5) is 41.7. The first-order valence-corrected chi connectivity index (χ1v) is 9.26. The van der Waals surface area contributed by atoms with Gasteiger partial charge in [-0.15, -0.1) is 0 Å². The molecule has 2 aromatic carbocycles. The highest BCUT2D eigenvalue weighted by Gasteiger charge is 2.29. The largest absolute Gasteiger partial charge is 0.348 e. The first-order chi connectivity index (χ1) is 14.9. The molecule has 8 heteroatoms. The topological polar surface area (TPSA) is 88.2 Å². The monoisotopic (exact) mass is 419 g/mol. The molecule has 0 radical (unpaired) electrons. The minimum Gasteiger partial charge on any atom is -0.348 e. The molecular formula is C23H15F2N3O3. The molecule has 0 unspecified atom stereocenters. The number of ketones is 1. The number of hydrogen-bond donors (Lipinski definition) is 2. The highest BCUT2D eigenvalue weighted by atomic mass is 19.2. The zero-order valence-electron chi connectivity index (χ0n) is 16.0. The van der Waals surface area contributed by atoms with E-state index in [-0.39, 0.29) is 34.5 Å². The number of rotatable bonds is 4. The van der Waals surface area contributed by atoms with Crippen LogP contribution in [0.1, 0.15) is 31.8 Å². The van der Waals surface area contributed by atoms with E-state index in [0.717, 1.165) is 17.7 Å². The van der Waals surface area contributed by atoms with E-state index < -0.39 is 29.2 Å². The molecule has 6 nitrogen and oxygen atoms in total. The van der Waals surface area contributed by atoms with Crippen molar-refractivity contribution in [1.82, 2.24) is 10.3 Å². The number of anilines is 1. The molecule has 1 aliphatic rings. The molecule has 3 aromatic rings. The summed E-state index contributed by atoms with van der Waals surface area (Å²) in [6.07, 6.45) is 4.41. The van der Waals surface area contributed by atoms with Gasteiger partial charge in [-0.05, 0) is 59.7 Å². The molecule has 0 aliphatic carbocycles. The quantitative estimate of drug-likeness (QED) is 0.501. The molecule has 2 N–H and O–H groups in total. The standard InChI is InChI=1S/C23H15F2N3O3/c24-18-3-1-14(10-19(18)25)9-17-21(29)16-11-15(2-4-20(16)28-23(17)31)22(30)27-12-13-5-7-26-8-6-13/h1-11H,12H2,(H,27,30)(H,28,31). The second-order valence-corrected chi connectivity index (χ2v) is 6.81. The fourth-order valence-electron chi connectivity index (χ4n) is 3.11. The van der Waals surface area contributed by atoms with Gasteiger partial charge in [0.05, 0.1) is 11.3 Å². The van der Waals surface area contributed by atoms with Crippen molar-refractivity contribution < 1.29 is 23.2 Å². The minimum atomic E-state index is -1.09. The third kappa shape index (κ3) is 4.23. The Morgan fingerprint density at radius 2 is 1.77 bits per heavy atom. The SMILES string of the molecule is O=C1Nc2ccc(C(=O)NCc3ccncc3)cc2C(=O)C1=Cc1ccc(F)c(F)c1. The molecule has 154 valence electrons. The van der Waals surface area contributed by atoms with E-state index in [1.54, 1.807) is 24.5 Å². The number of carbonyl (C=O) groups is 3. The van der Waals surface area contributed by atoms with Gasteiger partial charge >= 0.3 is 0 Å². The Hall–Kier alpha value is -4.20. The average Bonchev–Trinajstić information content (AvgIpc) is 2.78. The van der Waals surface area contributed by atoms with E-state index in [1.807, 2.05) is 0 Å². The van der Waals surface area contributed by atoms with Crippen LogP contribution < -0.4 is 10.6 Å². The summed E-state index contributed by atoms with van der Waals surface area (Å²) in [5.74, 6) is -3.80. The number of carbonyl (C=O) groups excluding carboxylic acids is 3. The second kappa shape index (κ2) is 8.27. The van der Waals surface area contributed by atoms with Gasteiger partial charge in [0.15, 0.2) is 11.6 Å². The third-order valence-corrected chi connectivity index (χ3v) is 4.72. The number of nitrogens with zero attached hydrogens (tertiary/aromatic N) is 1. The third-order valence-electron chi connectivity index (χ3n) is 4.72. The maximum absolute atomic E-state index is 13.5. The molecule has 0 spiro atoms. The molecule has 0 fully saturated rings. The van der Waals surface area contributed by atoms with Crippen LogP contribution in [0.5, 0.6) is 0 Å². The van der Waals surface area contributed by atoms with E-state index in [4.69, 9.17) is 0 Å². The van der Waals surface area contributed by atoms with Gasteiger partial charge in [0.1, 0.15) is 0 Å². The van der Waals surface area contributed by atoms with E-state index in [0.29, 0.717) is 0 Å². The summed E-state index contributed by atoms with van der Waals surface area (Å²) >= 11 is 0. The van der Waals surface area contributed by atoms with Gasteiger partial charge in [0, 0.05) is 30.1 Å². The number of fused-ring (bicyclic) bond motifs is 1. The molecule has 2 heterocycles. The molecule has 1 aromatic heterocycles. The molecule has 0 saturated heterocycles. The molecule has 0 atom stereocenters. The van der Waals surface area contributed by atoms with Crippen LogP contribution in [0.3, 0.4) is 0 Å². The number of halogens is 2. The molecule has 1 aliphatic heterocycles. The van der Waals surface area contributed by atoms with Crippen LogP contribution in [-0.4, -0.2) is 22.6 Å². The van der Waals surface area contributed by atoms with Crippen LogP contribution in [0.4, 0.5) is 14.5 Å². The Bertz CT molecular complexity index is 1240. The Labute approximate surface area is 175 Å². The molecule has 2 amide bonds. The summed E-state index contributed by atoms with van der Waals surface area (Å²) in [6.45, 7) is 0.282. The molecule has 0 bridgehead atoms. The van der Waals surface area contributed by atoms with Gasteiger partial charge in [-0.2, -0.15) is 0 Å². The molecule has 4 rings (SSSR count). The molecular weight excluding hydrogens is 404 g/mol. The fraction of sp³-hybridized carbons (Fsp3) is 0.0435. The Morgan fingerprint density at radius 1 is 1.00 bits per heavy atom. The van der Waals surface area contributed by atoms with Crippen molar-refractivity contribution >= 4 is 29.4 Å². The Morgan fingerprint density at radius 3 is 2.52 bits per heavy atom. The van der Waals surface area contributed by atoms with E-state index in [9.17, 15) is 23.2 Å². The minimum absolute atomic E-state index is 0.130. The van der Waals surface area contributed by atoms with Gasteiger partial charge in [-0.3, -0.25) is 19.4 Å². The summed E-state index contributed by atoms with van der Waals surface area (Å²) < 4.78 is 26.6. The smallest absolute Gasteiger partial charge is 0.259 e. The highest BCUT2D eigenvalue weighted by Crippen LogP contribution is 2.28. The van der Waals surface area contributed by atoms with Crippen LogP contribution in [0, 0.1) is 11.6 Å². The zero-order valence-corrected chi connectivity index (χ0v) is 16.0. The van der Waals surface area contributed by atoms with Crippen LogP contribution in [-0.2, 0) is 11.3 Å². The lowest BCUT2D eigenvalue weighted by atomic mass is 9.93. The number of hydrogen-bond acceptors (Lipinski definition) is 4. The number of pyridine rings is 1. The first-order valence-electron chi connectivity index (χ1n) is 9.26. The van der Waals surface area contributed by atoms with Gasteiger partial charge in [-0.25, -0.2) is 8.78 Å². The van der Waals surface area contributed by atoms with Gasteiger partial charge in [-0.1, -0.05) is 6.07 Å². The molecule has 31 heavy (non-hydrogen) atoms. The summed E-state index contributed by atoms with van der Waals surface area (Å²) in [5.41, 5.74) is 1.42. The van der Waals surface area contributed by atoms with Crippen LogP contribution >= 0.6 is 0 Å². The van der Waals surface area contributed by atoms with Crippen LogP contribution in [0.25, 0.3) is 6.08 Å². The average molecular weight is 419 g/mol. The van der Waals surface area contributed by atoms with Crippen molar-refractivity contribution in [2.75, 3.05) is 5.32 Å². The van der Waals surface area contributed by atoms with Crippen molar-refractivity contribution in [1.29, 1.82) is 0 Å². The predicted molar refractivity (Wildman–Crippen MR) is 109 cm³/mol. The summed E-state index contributed by atoms with van der Waals surface area (Å²) in [5, 5.41) is 5.33. The van der Waals surface area contributed by atoms with Crippen molar-refractivity contribution in [3.05, 3.63) is 100 Å². The van der Waals surface area contributed by atoms with E-state index >= 15 is 0 Å². The normalized spacial score (nSPS) is 14.2. The number of nitrogens with one attached hydrogen (secondary N) is 2. The fourth-order valence-corrected chi connectivity index (χ4v) is 3.11. The van der Waals surface area contributed by atoms with Crippen molar-refractivity contribution in [2.24, 2.45) is 0 Å². The predicted octanol–water partition coefficient (Wildman–Crippen LogP) is 3.51. The second-order valence-electron chi connectivity index (χ2n) is 6.81. The lowest BCUT2D eigenvalue weighted by molar-refractivity contribution is -0.112. The Kier molecular flexibility index (Phi) is 5.36. The maximum atomic E-state index is 13.5. The zero-order chi connectivity index (χ0) is 22.0. The summed E-state index contributed by atoms with van der Waals surface area (Å²) in [6, 6.07) is 10.9. The highest BCUT2D eigenvalue weighted by molar-refractivity contribution is 6.36. The lowest BCUT2D eigenvalue weighted by Crippen LogP contribution is -2.28. The van der Waals surface area contributed by atoms with E-state index in [1.165, 1.54) is 30.3 Å². The van der Waals surface area contributed by atoms with Gasteiger partial charge < -0.3 is 10.6 Å². The number of Topliss-reactive ketones (excluding diaryl/α,β-unsaturated/α-hetero) is 1. The number of amides is 2. The van der Waals surface area contributed by atoms with Gasteiger partial charge in [0.2, 0.25) is 5.78 Å². The Balaban J connectivity index is 1.59. The van der Waals surface area contributed by atoms with Crippen LogP contribution in [0.15, 0.2) is 66.5 Å². The first kappa shape index (κ1) is 20.1. The van der Waals surface area contributed by atoms with Gasteiger partial charge in [0.25, 0.3) is 11.8 Å². The molecule has 0 saturated carbocycles. The van der Waals surface area contributed by atoms with Crippen molar-refractivity contribution in [3.8, 4) is 0 Å². The van der Waals surface area contributed by atoms with Crippen molar-refractivity contribution in [3.63, 3.8) is 0 Å². The lowest BCUT2D eigenvalue weighted by Gasteiger charge is -2.19. The van der Waals surface area contributed by atoms with Crippen LogP contribution in [0.2, 0.25) is 0 Å². The maximum Gasteiger partial charge on any atom is 0.259 e. The number of aromatic nitrogens is 1. The number of benzene rings is 2. The summed E-state index contributed by atoms with van der Waals surface area (Å²) in [7, 11) is 0. The van der Waals surface area contributed by atoms with E-state index in [2.05, 4.69) is 15.6 Å².